The van der Waals surface area contributed by atoms with Gasteiger partial charge in [0.2, 0.25) is 0 Å². The van der Waals surface area contributed by atoms with Crippen molar-refractivity contribution in [3.8, 4) is 17.1 Å². The first-order valence-electron chi connectivity index (χ1n) is 4.86. The number of amides is 1. The molecule has 0 unspecified atom stereocenters. The SMILES string of the molecule is COc1ccc(-c2cc(C(=O)NN)no2)cc1. The van der Waals surface area contributed by atoms with Crippen LogP contribution in [0.25, 0.3) is 11.3 Å². The molecule has 17 heavy (non-hydrogen) atoms. The number of methoxy groups -OCH3 is 1. The van der Waals surface area contributed by atoms with Crippen molar-refractivity contribution in [2.24, 2.45) is 5.84 Å². The van der Waals surface area contributed by atoms with Crippen molar-refractivity contribution < 1.29 is 14.1 Å². The van der Waals surface area contributed by atoms with Crippen LogP contribution >= 0.6 is 0 Å². The number of carbonyl (C=O) groups excluding carboxylic acids is 1. The fourth-order valence-corrected chi connectivity index (χ4v) is 1.35. The van der Waals surface area contributed by atoms with Crippen LogP contribution in [0.5, 0.6) is 5.75 Å². The molecule has 0 fully saturated rings. The van der Waals surface area contributed by atoms with Gasteiger partial charge in [-0.3, -0.25) is 10.2 Å². The summed E-state index contributed by atoms with van der Waals surface area (Å²) in [5, 5.41) is 3.61. The van der Waals surface area contributed by atoms with Crippen LogP contribution in [0.4, 0.5) is 0 Å². The lowest BCUT2D eigenvalue weighted by Crippen LogP contribution is -2.30. The van der Waals surface area contributed by atoms with Crippen LogP contribution in [-0.2, 0) is 0 Å². The number of hydrogen-bond donors (Lipinski definition) is 2. The highest BCUT2D eigenvalue weighted by Gasteiger charge is 2.12. The predicted molar refractivity (Wildman–Crippen MR) is 60.1 cm³/mol. The van der Waals surface area contributed by atoms with Crippen LogP contribution in [0.1, 0.15) is 10.5 Å². The maximum Gasteiger partial charge on any atom is 0.287 e. The number of hydrazine groups is 1. The van der Waals surface area contributed by atoms with Crippen LogP contribution in [0, 0.1) is 0 Å². The maximum atomic E-state index is 11.2. The smallest absolute Gasteiger partial charge is 0.287 e. The maximum absolute atomic E-state index is 11.2. The molecule has 88 valence electrons. The molecule has 3 N–H and O–H groups in total. The van der Waals surface area contributed by atoms with E-state index in [1.54, 1.807) is 19.2 Å². The molecule has 0 aliphatic rings. The van der Waals surface area contributed by atoms with Gasteiger partial charge in [0.05, 0.1) is 7.11 Å². The quantitative estimate of drug-likeness (QED) is 0.468. The first-order valence-corrected chi connectivity index (χ1v) is 4.86. The molecular formula is C11H11N3O3. The third kappa shape index (κ3) is 2.26. The second-order valence-electron chi connectivity index (χ2n) is 3.28. The van der Waals surface area contributed by atoms with Crippen molar-refractivity contribution >= 4 is 5.91 Å². The lowest BCUT2D eigenvalue weighted by Gasteiger charge is -1.99. The summed E-state index contributed by atoms with van der Waals surface area (Å²) in [5.74, 6) is 5.74. The minimum absolute atomic E-state index is 0.137. The molecular weight excluding hydrogens is 222 g/mol. The van der Waals surface area contributed by atoms with E-state index in [9.17, 15) is 4.79 Å². The molecule has 6 heteroatoms. The molecule has 2 aromatic rings. The van der Waals surface area contributed by atoms with Gasteiger partial charge in [-0.1, -0.05) is 5.16 Å². The van der Waals surface area contributed by atoms with Crippen LogP contribution in [-0.4, -0.2) is 18.2 Å². The van der Waals surface area contributed by atoms with Crippen LogP contribution in [0.2, 0.25) is 0 Å². The molecule has 0 radical (unpaired) electrons. The number of ether oxygens (including phenoxy) is 1. The molecule has 0 spiro atoms. The number of carbonyl (C=O) groups is 1. The number of rotatable bonds is 3. The van der Waals surface area contributed by atoms with Crippen molar-refractivity contribution in [2.45, 2.75) is 0 Å². The Morgan fingerprint density at radius 1 is 1.41 bits per heavy atom. The Hall–Kier alpha value is -2.34. The van der Waals surface area contributed by atoms with Gasteiger partial charge in [-0.15, -0.1) is 0 Å². The van der Waals surface area contributed by atoms with E-state index in [-0.39, 0.29) is 5.69 Å². The largest absolute Gasteiger partial charge is 0.497 e. The Kier molecular flexibility index (Phi) is 3.06. The fourth-order valence-electron chi connectivity index (χ4n) is 1.35. The van der Waals surface area contributed by atoms with Crippen molar-refractivity contribution in [2.75, 3.05) is 7.11 Å². The lowest BCUT2D eigenvalue weighted by atomic mass is 10.1. The van der Waals surface area contributed by atoms with E-state index in [1.165, 1.54) is 6.07 Å². The van der Waals surface area contributed by atoms with Crippen molar-refractivity contribution in [3.05, 3.63) is 36.0 Å². The van der Waals surface area contributed by atoms with Gasteiger partial charge in [0, 0.05) is 11.6 Å². The molecule has 2 rings (SSSR count). The number of nitrogens with one attached hydrogen (secondary N) is 1. The van der Waals surface area contributed by atoms with Gasteiger partial charge in [-0.2, -0.15) is 0 Å². The summed E-state index contributed by atoms with van der Waals surface area (Å²) in [6, 6.07) is 8.72. The molecule has 1 aromatic carbocycles. The van der Waals surface area contributed by atoms with Crippen molar-refractivity contribution in [1.29, 1.82) is 0 Å². The Bertz CT molecular complexity index is 519. The Balaban J connectivity index is 2.27. The van der Waals surface area contributed by atoms with Gasteiger partial charge in [0.15, 0.2) is 11.5 Å². The topological polar surface area (TPSA) is 90.4 Å². The first kappa shape index (κ1) is 11.2. The second kappa shape index (κ2) is 4.67. The summed E-state index contributed by atoms with van der Waals surface area (Å²) in [6.45, 7) is 0. The normalized spacial score (nSPS) is 10.0. The average molecular weight is 233 g/mol. The van der Waals surface area contributed by atoms with E-state index in [0.29, 0.717) is 5.76 Å². The molecule has 1 amide bonds. The molecule has 1 aromatic heterocycles. The molecule has 0 saturated heterocycles. The number of nitrogen functional groups attached to an aromatic ring is 1. The van der Waals surface area contributed by atoms with Gasteiger partial charge in [0.1, 0.15) is 5.75 Å². The molecule has 0 aliphatic heterocycles. The van der Waals surface area contributed by atoms with E-state index < -0.39 is 5.91 Å². The third-order valence-electron chi connectivity index (χ3n) is 2.25. The molecule has 0 bridgehead atoms. The summed E-state index contributed by atoms with van der Waals surface area (Å²) < 4.78 is 10.1. The number of nitrogens with zero attached hydrogens (tertiary/aromatic N) is 1. The zero-order valence-electron chi connectivity index (χ0n) is 9.14. The van der Waals surface area contributed by atoms with Gasteiger partial charge in [0.25, 0.3) is 5.91 Å². The fraction of sp³-hybridized carbons (Fsp3) is 0.0909. The van der Waals surface area contributed by atoms with Gasteiger partial charge >= 0.3 is 0 Å². The highest BCUT2D eigenvalue weighted by molar-refractivity contribution is 5.92. The Morgan fingerprint density at radius 2 is 2.12 bits per heavy atom. The summed E-state index contributed by atoms with van der Waals surface area (Å²) in [4.78, 5) is 11.2. The van der Waals surface area contributed by atoms with Crippen LogP contribution in [0.15, 0.2) is 34.9 Å². The Morgan fingerprint density at radius 3 is 2.71 bits per heavy atom. The van der Waals surface area contributed by atoms with E-state index in [1.807, 2.05) is 17.6 Å². The average Bonchev–Trinajstić information content (AvgIpc) is 2.87. The van der Waals surface area contributed by atoms with Gasteiger partial charge < -0.3 is 9.26 Å². The highest BCUT2D eigenvalue weighted by Crippen LogP contribution is 2.22. The molecule has 6 nitrogen and oxygen atoms in total. The van der Waals surface area contributed by atoms with Crippen LogP contribution in [0.3, 0.4) is 0 Å². The van der Waals surface area contributed by atoms with E-state index in [0.717, 1.165) is 11.3 Å². The van der Waals surface area contributed by atoms with E-state index in [2.05, 4.69) is 5.16 Å². The molecule has 0 aliphatic carbocycles. The number of nitrogens with two attached hydrogens (primary N) is 1. The Labute approximate surface area is 97.3 Å². The molecule has 1 heterocycles. The number of aromatic nitrogens is 1. The third-order valence-corrected chi connectivity index (χ3v) is 2.25. The molecule has 0 atom stereocenters. The van der Waals surface area contributed by atoms with Gasteiger partial charge in [-0.25, -0.2) is 5.84 Å². The van der Waals surface area contributed by atoms with Crippen molar-refractivity contribution in [1.82, 2.24) is 10.6 Å². The number of benzene rings is 1. The predicted octanol–water partition coefficient (Wildman–Crippen LogP) is 0.954. The summed E-state index contributed by atoms with van der Waals surface area (Å²) in [5.41, 5.74) is 2.92. The molecule has 0 saturated carbocycles. The monoisotopic (exact) mass is 233 g/mol. The summed E-state index contributed by atoms with van der Waals surface area (Å²) >= 11 is 0. The minimum atomic E-state index is -0.492. The van der Waals surface area contributed by atoms with Crippen LogP contribution < -0.4 is 16.0 Å². The zero-order chi connectivity index (χ0) is 12.3. The summed E-state index contributed by atoms with van der Waals surface area (Å²) in [7, 11) is 1.59. The van der Waals surface area contributed by atoms with Gasteiger partial charge in [-0.05, 0) is 24.3 Å². The van der Waals surface area contributed by atoms with E-state index >= 15 is 0 Å². The second-order valence-corrected chi connectivity index (χ2v) is 3.28. The standard InChI is InChI=1S/C11H11N3O3/c1-16-8-4-2-7(3-5-8)10-6-9(14-17-10)11(15)13-12/h2-6H,12H2,1H3,(H,13,15). The highest BCUT2D eigenvalue weighted by atomic mass is 16.5. The first-order chi connectivity index (χ1) is 8.24. The zero-order valence-corrected chi connectivity index (χ0v) is 9.14. The lowest BCUT2D eigenvalue weighted by molar-refractivity contribution is 0.0944. The number of hydrogen-bond acceptors (Lipinski definition) is 5. The minimum Gasteiger partial charge on any atom is -0.497 e. The van der Waals surface area contributed by atoms with E-state index in [4.69, 9.17) is 15.1 Å². The van der Waals surface area contributed by atoms with Crippen molar-refractivity contribution in [3.63, 3.8) is 0 Å². The summed E-state index contributed by atoms with van der Waals surface area (Å²) in [6.07, 6.45) is 0.